The molecule has 1 aliphatic heterocycles. The summed E-state index contributed by atoms with van der Waals surface area (Å²) in [6.45, 7) is 8.83. The van der Waals surface area contributed by atoms with E-state index >= 15 is 0 Å². The second-order valence-corrected chi connectivity index (χ2v) is 10.7. The Morgan fingerprint density at radius 2 is 2.11 bits per heavy atom. The average molecular weight is 545 g/mol. The molecule has 0 aliphatic carbocycles. The molecule has 2 N–H and O–H groups in total. The summed E-state index contributed by atoms with van der Waals surface area (Å²) in [5.74, 6) is 0.393. The molecule has 0 saturated carbocycles. The van der Waals surface area contributed by atoms with Gasteiger partial charge in [-0.15, -0.1) is 5.10 Å². The van der Waals surface area contributed by atoms with Gasteiger partial charge in [-0.2, -0.15) is 11.3 Å². The van der Waals surface area contributed by atoms with Crippen LogP contribution in [0.2, 0.25) is 5.15 Å². The summed E-state index contributed by atoms with van der Waals surface area (Å²) in [6, 6.07) is 4.25. The fourth-order valence-electron chi connectivity index (χ4n) is 4.93. The van der Waals surface area contributed by atoms with Gasteiger partial charge in [0.2, 0.25) is 5.91 Å². The van der Waals surface area contributed by atoms with Crippen LogP contribution in [0.3, 0.4) is 0 Å². The number of piperidine rings is 1. The molecule has 10 nitrogen and oxygen atoms in total. The third-order valence-corrected chi connectivity index (χ3v) is 7.89. The maximum Gasteiger partial charge on any atom is 0.253 e. The second-order valence-electron chi connectivity index (χ2n) is 9.56. The topological polar surface area (TPSA) is 120 Å². The van der Waals surface area contributed by atoms with Crippen molar-refractivity contribution in [2.24, 2.45) is 0 Å². The summed E-state index contributed by atoms with van der Waals surface area (Å²) in [5.41, 5.74) is 3.20. The number of pyridine rings is 1. The Morgan fingerprint density at radius 3 is 2.76 bits per heavy atom. The van der Waals surface area contributed by atoms with E-state index in [0.29, 0.717) is 41.4 Å². The number of aryl methyl sites for hydroxylation is 2. The highest BCUT2D eigenvalue weighted by molar-refractivity contribution is 7.07. The molecular weight excluding hydrogens is 512 g/mol. The number of H-pyrrole nitrogens is 1. The highest BCUT2D eigenvalue weighted by atomic mass is 35.5. The number of tetrazole rings is 1. The smallest absolute Gasteiger partial charge is 0.253 e. The van der Waals surface area contributed by atoms with Crippen molar-refractivity contribution in [1.29, 1.82) is 0 Å². The molecule has 3 aromatic rings. The van der Waals surface area contributed by atoms with Crippen molar-refractivity contribution in [3.05, 3.63) is 56.3 Å². The molecule has 3 aromatic heterocycles. The van der Waals surface area contributed by atoms with Crippen molar-refractivity contribution >= 4 is 34.8 Å². The molecule has 1 atom stereocenters. The Balaban J connectivity index is 1.28. The van der Waals surface area contributed by atoms with E-state index in [-0.39, 0.29) is 24.3 Å². The summed E-state index contributed by atoms with van der Waals surface area (Å²) in [6.07, 6.45) is 2.80. The van der Waals surface area contributed by atoms with Crippen LogP contribution in [0.15, 0.2) is 22.9 Å². The number of rotatable bonds is 10. The molecule has 0 radical (unpaired) electrons. The van der Waals surface area contributed by atoms with E-state index in [1.807, 2.05) is 17.2 Å². The highest BCUT2D eigenvalue weighted by Gasteiger charge is 2.30. The Hall–Kier alpha value is -2.89. The first-order valence-electron chi connectivity index (χ1n) is 12.5. The SMILES string of the molecule is Cc1cc(Cl)nc(C)c1C(=O)NCCC(C)N1CCC(N(Cc2ccsc2)C(=O)Cc2nnn[nH]2)CC1. The number of hydrogen-bond acceptors (Lipinski definition) is 8. The number of carbonyl (C=O) groups is 2. The number of nitrogens with zero attached hydrogens (tertiary/aromatic N) is 6. The van der Waals surface area contributed by atoms with Gasteiger partial charge in [-0.05, 0) is 84.5 Å². The molecule has 1 unspecified atom stereocenters. The number of nitrogens with one attached hydrogen (secondary N) is 2. The van der Waals surface area contributed by atoms with Crippen LogP contribution in [0.5, 0.6) is 0 Å². The zero-order valence-corrected chi connectivity index (χ0v) is 23.0. The van der Waals surface area contributed by atoms with E-state index in [2.05, 4.69) is 54.2 Å². The first-order chi connectivity index (χ1) is 17.8. The second kappa shape index (κ2) is 12.6. The predicted octanol–water partition coefficient (Wildman–Crippen LogP) is 3.17. The highest BCUT2D eigenvalue weighted by Crippen LogP contribution is 2.23. The summed E-state index contributed by atoms with van der Waals surface area (Å²) in [7, 11) is 0. The van der Waals surface area contributed by atoms with Gasteiger partial charge < -0.3 is 15.1 Å². The fourth-order valence-corrected chi connectivity index (χ4v) is 5.88. The van der Waals surface area contributed by atoms with E-state index in [0.717, 1.165) is 43.5 Å². The maximum atomic E-state index is 13.2. The van der Waals surface area contributed by atoms with Gasteiger partial charge in [-0.25, -0.2) is 10.1 Å². The molecule has 0 spiro atoms. The molecule has 2 amide bonds. The lowest BCUT2D eigenvalue weighted by Gasteiger charge is -2.40. The fraction of sp³-hybridized carbons (Fsp3) is 0.520. The van der Waals surface area contributed by atoms with Gasteiger partial charge in [0.15, 0.2) is 5.82 Å². The van der Waals surface area contributed by atoms with E-state index in [4.69, 9.17) is 11.6 Å². The Labute approximate surface area is 225 Å². The number of hydrogen-bond donors (Lipinski definition) is 2. The molecule has 1 fully saturated rings. The molecule has 1 aliphatic rings. The lowest BCUT2D eigenvalue weighted by Crippen LogP contribution is -2.49. The van der Waals surface area contributed by atoms with Crippen LogP contribution < -0.4 is 5.32 Å². The van der Waals surface area contributed by atoms with Crippen LogP contribution >= 0.6 is 22.9 Å². The summed E-state index contributed by atoms with van der Waals surface area (Å²) in [5, 5.41) is 21.3. The van der Waals surface area contributed by atoms with Crippen molar-refractivity contribution in [3.8, 4) is 0 Å². The molecule has 37 heavy (non-hydrogen) atoms. The first-order valence-corrected chi connectivity index (χ1v) is 13.8. The molecule has 198 valence electrons. The third kappa shape index (κ3) is 7.12. The van der Waals surface area contributed by atoms with Gasteiger partial charge in [-0.3, -0.25) is 9.59 Å². The summed E-state index contributed by atoms with van der Waals surface area (Å²) in [4.78, 5) is 34.5. The Bertz CT molecular complexity index is 1160. The monoisotopic (exact) mass is 544 g/mol. The lowest BCUT2D eigenvalue weighted by molar-refractivity contribution is -0.134. The summed E-state index contributed by atoms with van der Waals surface area (Å²) < 4.78 is 0. The molecule has 4 rings (SSSR count). The third-order valence-electron chi connectivity index (χ3n) is 6.97. The minimum atomic E-state index is -0.116. The van der Waals surface area contributed by atoms with Crippen molar-refractivity contribution < 1.29 is 9.59 Å². The van der Waals surface area contributed by atoms with Crippen molar-refractivity contribution in [2.45, 2.75) is 65.1 Å². The molecular formula is C25H33ClN8O2S. The van der Waals surface area contributed by atoms with Gasteiger partial charge in [0, 0.05) is 38.3 Å². The zero-order valence-electron chi connectivity index (χ0n) is 21.4. The molecule has 12 heteroatoms. The largest absolute Gasteiger partial charge is 0.352 e. The number of carbonyl (C=O) groups excluding carboxylic acids is 2. The van der Waals surface area contributed by atoms with Crippen LogP contribution in [0, 0.1) is 13.8 Å². The minimum absolute atomic E-state index is 0.0289. The molecule has 0 aromatic carbocycles. The number of aromatic amines is 1. The van der Waals surface area contributed by atoms with Gasteiger partial charge in [0.25, 0.3) is 5.91 Å². The van der Waals surface area contributed by atoms with Crippen molar-refractivity contribution in [1.82, 2.24) is 40.7 Å². The predicted molar refractivity (Wildman–Crippen MR) is 142 cm³/mol. The number of thiophene rings is 1. The van der Waals surface area contributed by atoms with Crippen LogP contribution in [0.25, 0.3) is 0 Å². The van der Waals surface area contributed by atoms with E-state index < -0.39 is 0 Å². The van der Waals surface area contributed by atoms with Crippen LogP contribution in [-0.4, -0.2) is 78.9 Å². The van der Waals surface area contributed by atoms with Gasteiger partial charge in [0.1, 0.15) is 5.15 Å². The number of likely N-dealkylation sites (tertiary alicyclic amines) is 1. The summed E-state index contributed by atoms with van der Waals surface area (Å²) >= 11 is 7.63. The molecule has 0 bridgehead atoms. The van der Waals surface area contributed by atoms with Crippen molar-refractivity contribution in [3.63, 3.8) is 0 Å². The van der Waals surface area contributed by atoms with E-state index in [1.54, 1.807) is 24.3 Å². The lowest BCUT2D eigenvalue weighted by atomic mass is 9.99. The standard InChI is InChI=1S/C25H33ClN8O2S/c1-16-12-21(26)28-18(3)24(16)25(36)27-8-4-17(2)33-9-5-20(6-10-33)34(14-19-7-11-37-15-19)23(35)13-22-29-31-32-30-22/h7,11-12,15,17,20H,4-6,8-10,13-14H2,1-3H3,(H,27,36)(H,29,30,31,32). The Morgan fingerprint density at radius 1 is 1.32 bits per heavy atom. The minimum Gasteiger partial charge on any atom is -0.352 e. The zero-order chi connectivity index (χ0) is 26.4. The number of amides is 2. The van der Waals surface area contributed by atoms with Crippen LogP contribution in [0.4, 0.5) is 0 Å². The number of halogens is 1. The van der Waals surface area contributed by atoms with Crippen LogP contribution in [-0.2, 0) is 17.8 Å². The van der Waals surface area contributed by atoms with Crippen LogP contribution in [0.1, 0.15) is 59.2 Å². The van der Waals surface area contributed by atoms with E-state index in [9.17, 15) is 9.59 Å². The first kappa shape index (κ1) is 27.2. The Kier molecular flexibility index (Phi) is 9.23. The normalized spacial score (nSPS) is 15.5. The molecule has 1 saturated heterocycles. The maximum absolute atomic E-state index is 13.2. The van der Waals surface area contributed by atoms with Gasteiger partial charge in [0.05, 0.1) is 17.7 Å². The average Bonchev–Trinajstić information content (AvgIpc) is 3.56. The quantitative estimate of drug-likeness (QED) is 0.376. The molecule has 4 heterocycles. The van der Waals surface area contributed by atoms with Gasteiger partial charge >= 0.3 is 0 Å². The van der Waals surface area contributed by atoms with Gasteiger partial charge in [-0.1, -0.05) is 11.6 Å². The van der Waals surface area contributed by atoms with Crippen molar-refractivity contribution in [2.75, 3.05) is 19.6 Å². The van der Waals surface area contributed by atoms with E-state index in [1.165, 1.54) is 0 Å². The number of aromatic nitrogens is 5.